The number of piperazine rings is 1. The minimum Gasteiger partial charge on any atom is -0.506 e. The first-order valence-corrected chi connectivity index (χ1v) is 9.08. The molecule has 0 aliphatic carbocycles. The third-order valence-electron chi connectivity index (χ3n) is 4.74. The molecule has 0 aromatic heterocycles. The molecule has 1 aliphatic rings. The van der Waals surface area contributed by atoms with E-state index >= 15 is 0 Å². The Morgan fingerprint density at radius 3 is 2.50 bits per heavy atom. The van der Waals surface area contributed by atoms with E-state index in [0.29, 0.717) is 32.1 Å². The number of carbonyl (C=O) groups excluding carboxylic acids is 1. The topological polar surface area (TPSA) is 53.0 Å². The van der Waals surface area contributed by atoms with Crippen LogP contribution in [0.2, 0.25) is 0 Å². The van der Waals surface area contributed by atoms with Crippen molar-refractivity contribution < 1.29 is 14.6 Å². The first-order chi connectivity index (χ1) is 12.5. The molecule has 2 aromatic rings. The summed E-state index contributed by atoms with van der Waals surface area (Å²) < 4.78 is 5.70. The van der Waals surface area contributed by atoms with Crippen LogP contribution < -0.4 is 9.64 Å². The van der Waals surface area contributed by atoms with Gasteiger partial charge in [0.05, 0.1) is 5.69 Å². The maximum absolute atomic E-state index is 12.4. The molecule has 0 bridgehead atoms. The number of aromatic hydroxyl groups is 1. The van der Waals surface area contributed by atoms with Crippen molar-refractivity contribution in [3.63, 3.8) is 0 Å². The second-order valence-electron chi connectivity index (χ2n) is 6.87. The van der Waals surface area contributed by atoms with Crippen LogP contribution in [0.15, 0.2) is 48.5 Å². The number of carbonyl (C=O) groups is 1. The van der Waals surface area contributed by atoms with Crippen molar-refractivity contribution in [3.8, 4) is 11.5 Å². The van der Waals surface area contributed by atoms with Crippen molar-refractivity contribution in [2.45, 2.75) is 19.8 Å². The smallest absolute Gasteiger partial charge is 0.260 e. The Labute approximate surface area is 154 Å². The monoisotopic (exact) mass is 354 g/mol. The molecular formula is C21H26N2O3. The zero-order valence-corrected chi connectivity index (χ0v) is 15.4. The summed E-state index contributed by atoms with van der Waals surface area (Å²) in [4.78, 5) is 16.4. The highest BCUT2D eigenvalue weighted by Gasteiger charge is 2.22. The summed E-state index contributed by atoms with van der Waals surface area (Å²) in [5.41, 5.74) is 2.02. The zero-order chi connectivity index (χ0) is 18.5. The molecule has 5 nitrogen and oxygen atoms in total. The van der Waals surface area contributed by atoms with Crippen LogP contribution in [0.5, 0.6) is 11.5 Å². The summed E-state index contributed by atoms with van der Waals surface area (Å²) in [5.74, 6) is 1.44. The van der Waals surface area contributed by atoms with Crippen LogP contribution in [-0.2, 0) is 4.79 Å². The van der Waals surface area contributed by atoms with Crippen molar-refractivity contribution in [2.75, 3.05) is 37.7 Å². The number of phenolic OH excluding ortho intramolecular Hbond substituents is 1. The number of hydrogen-bond acceptors (Lipinski definition) is 4. The van der Waals surface area contributed by atoms with Crippen LogP contribution >= 0.6 is 0 Å². The fourth-order valence-corrected chi connectivity index (χ4v) is 3.13. The number of para-hydroxylation sites is 2. The molecule has 1 N–H and O–H groups in total. The third kappa shape index (κ3) is 4.28. The van der Waals surface area contributed by atoms with Gasteiger partial charge in [0.1, 0.15) is 11.5 Å². The lowest BCUT2D eigenvalue weighted by atomic mass is 10.0. The highest BCUT2D eigenvalue weighted by molar-refractivity contribution is 5.78. The van der Waals surface area contributed by atoms with Crippen LogP contribution in [0.3, 0.4) is 0 Å². The van der Waals surface area contributed by atoms with Gasteiger partial charge in [-0.2, -0.15) is 0 Å². The van der Waals surface area contributed by atoms with Gasteiger partial charge in [0, 0.05) is 26.2 Å². The minimum absolute atomic E-state index is 0.00289. The summed E-state index contributed by atoms with van der Waals surface area (Å²) in [6, 6.07) is 15.2. The molecule has 2 aromatic carbocycles. The Balaban J connectivity index is 1.51. The second-order valence-corrected chi connectivity index (χ2v) is 6.87. The first kappa shape index (κ1) is 18.1. The molecular weight excluding hydrogens is 328 g/mol. The summed E-state index contributed by atoms with van der Waals surface area (Å²) in [7, 11) is 0. The Morgan fingerprint density at radius 2 is 1.81 bits per heavy atom. The number of phenols is 1. The van der Waals surface area contributed by atoms with Gasteiger partial charge in [0.15, 0.2) is 6.61 Å². The van der Waals surface area contributed by atoms with Crippen molar-refractivity contribution in [3.05, 3.63) is 54.1 Å². The van der Waals surface area contributed by atoms with E-state index in [1.165, 1.54) is 5.56 Å². The van der Waals surface area contributed by atoms with Crippen LogP contribution in [0.1, 0.15) is 25.3 Å². The maximum atomic E-state index is 12.4. The number of nitrogens with zero attached hydrogens (tertiary/aromatic N) is 2. The Kier molecular flexibility index (Phi) is 5.66. The van der Waals surface area contributed by atoms with Crippen LogP contribution in [0, 0.1) is 0 Å². The van der Waals surface area contributed by atoms with Gasteiger partial charge >= 0.3 is 0 Å². The molecule has 1 amide bonds. The lowest BCUT2D eigenvalue weighted by Crippen LogP contribution is -2.50. The van der Waals surface area contributed by atoms with Gasteiger partial charge < -0.3 is 19.6 Å². The standard InChI is InChI=1S/C21H26N2O3/c1-16(2)17-6-5-7-18(14-17)26-15-21(25)23-12-10-22(11-13-23)19-8-3-4-9-20(19)24/h3-9,14,16,24H,10-13,15H2,1-2H3. The molecule has 0 unspecified atom stereocenters. The van der Waals surface area contributed by atoms with Gasteiger partial charge in [-0.25, -0.2) is 0 Å². The van der Waals surface area contributed by atoms with E-state index in [1.54, 1.807) is 6.07 Å². The Bertz CT molecular complexity index is 752. The van der Waals surface area contributed by atoms with Gasteiger partial charge in [-0.1, -0.05) is 38.1 Å². The van der Waals surface area contributed by atoms with E-state index in [9.17, 15) is 9.90 Å². The van der Waals surface area contributed by atoms with Gasteiger partial charge in [0.25, 0.3) is 5.91 Å². The summed E-state index contributed by atoms with van der Waals surface area (Å²) in [6.07, 6.45) is 0. The molecule has 3 rings (SSSR count). The number of hydrogen-bond donors (Lipinski definition) is 1. The molecule has 1 saturated heterocycles. The predicted octanol–water partition coefficient (Wildman–Crippen LogP) is 3.24. The second kappa shape index (κ2) is 8.13. The molecule has 138 valence electrons. The fraction of sp³-hybridized carbons (Fsp3) is 0.381. The molecule has 26 heavy (non-hydrogen) atoms. The largest absolute Gasteiger partial charge is 0.506 e. The molecule has 0 spiro atoms. The average Bonchev–Trinajstić information content (AvgIpc) is 2.67. The predicted molar refractivity (Wildman–Crippen MR) is 103 cm³/mol. The molecule has 1 aliphatic heterocycles. The van der Waals surface area contributed by atoms with Gasteiger partial charge in [-0.05, 0) is 35.7 Å². The summed E-state index contributed by atoms with van der Waals surface area (Å²) in [5, 5.41) is 9.97. The molecule has 5 heteroatoms. The highest BCUT2D eigenvalue weighted by atomic mass is 16.5. The number of ether oxygens (including phenoxy) is 1. The van der Waals surface area contributed by atoms with E-state index in [0.717, 1.165) is 11.4 Å². The normalized spacial score (nSPS) is 14.6. The van der Waals surface area contributed by atoms with E-state index in [4.69, 9.17) is 4.74 Å². The van der Waals surface area contributed by atoms with Crippen molar-refractivity contribution >= 4 is 11.6 Å². The Hall–Kier alpha value is -2.69. The first-order valence-electron chi connectivity index (χ1n) is 9.08. The third-order valence-corrected chi connectivity index (χ3v) is 4.74. The van der Waals surface area contributed by atoms with Crippen molar-refractivity contribution in [1.29, 1.82) is 0 Å². The lowest BCUT2D eigenvalue weighted by molar-refractivity contribution is -0.133. The van der Waals surface area contributed by atoms with E-state index in [1.807, 2.05) is 41.3 Å². The van der Waals surface area contributed by atoms with Gasteiger partial charge in [-0.15, -0.1) is 0 Å². The fourth-order valence-electron chi connectivity index (χ4n) is 3.13. The zero-order valence-electron chi connectivity index (χ0n) is 15.4. The number of anilines is 1. The number of amides is 1. The number of rotatable bonds is 5. The quantitative estimate of drug-likeness (QED) is 0.896. The van der Waals surface area contributed by atoms with Crippen LogP contribution in [0.4, 0.5) is 5.69 Å². The molecule has 1 heterocycles. The summed E-state index contributed by atoms with van der Waals surface area (Å²) in [6.45, 7) is 6.98. The van der Waals surface area contributed by atoms with E-state index in [2.05, 4.69) is 24.8 Å². The van der Waals surface area contributed by atoms with Gasteiger partial charge in [0.2, 0.25) is 0 Å². The highest BCUT2D eigenvalue weighted by Crippen LogP contribution is 2.27. The molecule has 0 atom stereocenters. The van der Waals surface area contributed by atoms with Crippen LogP contribution in [-0.4, -0.2) is 48.7 Å². The van der Waals surface area contributed by atoms with Crippen molar-refractivity contribution in [2.24, 2.45) is 0 Å². The van der Waals surface area contributed by atoms with Gasteiger partial charge in [-0.3, -0.25) is 4.79 Å². The SMILES string of the molecule is CC(C)c1cccc(OCC(=O)N2CCN(c3ccccc3O)CC2)c1. The maximum Gasteiger partial charge on any atom is 0.260 e. The average molecular weight is 354 g/mol. The minimum atomic E-state index is -0.00289. The molecule has 0 saturated carbocycles. The molecule has 1 fully saturated rings. The summed E-state index contributed by atoms with van der Waals surface area (Å²) >= 11 is 0. The van der Waals surface area contributed by atoms with Crippen molar-refractivity contribution in [1.82, 2.24) is 4.90 Å². The molecule has 0 radical (unpaired) electrons. The Morgan fingerprint density at radius 1 is 1.08 bits per heavy atom. The number of benzene rings is 2. The van der Waals surface area contributed by atoms with E-state index in [-0.39, 0.29) is 18.3 Å². The lowest BCUT2D eigenvalue weighted by Gasteiger charge is -2.36. The van der Waals surface area contributed by atoms with E-state index < -0.39 is 0 Å². The van der Waals surface area contributed by atoms with Crippen LogP contribution in [0.25, 0.3) is 0 Å².